The molecule has 116 valence electrons. The van der Waals surface area contributed by atoms with E-state index in [1.807, 2.05) is 18.2 Å². The fourth-order valence-corrected chi connectivity index (χ4v) is 1.72. The summed E-state index contributed by atoms with van der Waals surface area (Å²) in [4.78, 5) is 0. The van der Waals surface area contributed by atoms with Crippen LogP contribution in [0.25, 0.3) is 0 Å². The van der Waals surface area contributed by atoms with Crippen molar-refractivity contribution in [2.24, 2.45) is 5.41 Å². The van der Waals surface area contributed by atoms with Gasteiger partial charge in [-0.25, -0.2) is 0 Å². The van der Waals surface area contributed by atoms with Gasteiger partial charge in [0.05, 0.1) is 25.9 Å². The van der Waals surface area contributed by atoms with E-state index in [0.717, 1.165) is 29.9 Å². The highest BCUT2D eigenvalue weighted by atomic mass is 16.5. The maximum absolute atomic E-state index is 8.78. The number of rotatable bonds is 6. The van der Waals surface area contributed by atoms with Crippen molar-refractivity contribution in [3.8, 4) is 17.6 Å². The molecule has 0 bridgehead atoms. The molecule has 1 aromatic rings. The molecular weight excluding hydrogens is 264 g/mol. The van der Waals surface area contributed by atoms with Gasteiger partial charge < -0.3 is 14.6 Å². The van der Waals surface area contributed by atoms with E-state index in [1.165, 1.54) is 0 Å². The van der Waals surface area contributed by atoms with Crippen molar-refractivity contribution >= 4 is 0 Å². The second-order valence-electron chi connectivity index (χ2n) is 6.17. The lowest BCUT2D eigenvalue weighted by Crippen LogP contribution is -2.09. The third-order valence-electron chi connectivity index (χ3n) is 2.99. The molecule has 0 aliphatic heterocycles. The van der Waals surface area contributed by atoms with Crippen LogP contribution in [-0.4, -0.2) is 25.4 Å². The first-order valence-electron chi connectivity index (χ1n) is 7.30. The molecule has 0 aromatic heterocycles. The van der Waals surface area contributed by atoms with Crippen molar-refractivity contribution in [3.63, 3.8) is 0 Å². The smallest absolute Gasteiger partial charge is 0.134 e. The molecule has 3 nitrogen and oxygen atoms in total. The van der Waals surface area contributed by atoms with Gasteiger partial charge in [-0.15, -0.1) is 0 Å². The molecule has 0 fully saturated rings. The van der Waals surface area contributed by atoms with Crippen molar-refractivity contribution in [2.75, 3.05) is 20.3 Å². The molecule has 0 aliphatic carbocycles. The number of aliphatic hydroxyl groups is 1. The summed E-state index contributed by atoms with van der Waals surface area (Å²) in [7, 11) is 1.63. The lowest BCUT2D eigenvalue weighted by Gasteiger charge is -2.17. The van der Waals surface area contributed by atoms with Crippen LogP contribution in [-0.2, 0) is 11.3 Å². The third-order valence-corrected chi connectivity index (χ3v) is 2.99. The summed E-state index contributed by atoms with van der Waals surface area (Å²) in [6, 6.07) is 5.89. The monoisotopic (exact) mass is 290 g/mol. The zero-order chi connectivity index (χ0) is 15.7. The van der Waals surface area contributed by atoms with Gasteiger partial charge in [-0.3, -0.25) is 0 Å². The predicted octanol–water partition coefficient (Wildman–Crippen LogP) is 3.38. The summed E-state index contributed by atoms with van der Waals surface area (Å²) < 4.78 is 11.0. The maximum atomic E-state index is 8.78. The van der Waals surface area contributed by atoms with Crippen LogP contribution in [0.1, 0.15) is 44.7 Å². The molecule has 0 spiro atoms. The minimum absolute atomic E-state index is 0.0743. The van der Waals surface area contributed by atoms with Gasteiger partial charge in [-0.05, 0) is 29.5 Å². The first-order chi connectivity index (χ1) is 9.96. The lowest BCUT2D eigenvalue weighted by atomic mass is 9.93. The Morgan fingerprint density at radius 1 is 1.24 bits per heavy atom. The summed E-state index contributed by atoms with van der Waals surface area (Å²) in [6.07, 6.45) is 1.50. The molecule has 0 heterocycles. The summed E-state index contributed by atoms with van der Waals surface area (Å²) in [5, 5.41) is 8.78. The Morgan fingerprint density at radius 3 is 2.62 bits per heavy atom. The van der Waals surface area contributed by atoms with Gasteiger partial charge in [0.25, 0.3) is 0 Å². The lowest BCUT2D eigenvalue weighted by molar-refractivity contribution is 0.0962. The fourth-order valence-electron chi connectivity index (χ4n) is 1.72. The molecule has 0 aliphatic rings. The Bertz CT molecular complexity index is 489. The molecule has 1 N–H and O–H groups in total. The average Bonchev–Trinajstić information content (AvgIpc) is 2.43. The second-order valence-corrected chi connectivity index (χ2v) is 6.17. The number of ether oxygens (including phenoxy) is 2. The highest BCUT2D eigenvalue weighted by molar-refractivity contribution is 5.48. The minimum atomic E-state index is 0.0743. The van der Waals surface area contributed by atoms with Crippen LogP contribution in [0.2, 0.25) is 0 Å². The molecule has 21 heavy (non-hydrogen) atoms. The van der Waals surface area contributed by atoms with Gasteiger partial charge in [0, 0.05) is 13.0 Å². The van der Waals surface area contributed by atoms with Crippen molar-refractivity contribution in [1.82, 2.24) is 0 Å². The molecule has 0 unspecified atom stereocenters. The van der Waals surface area contributed by atoms with Gasteiger partial charge >= 0.3 is 0 Å². The fraction of sp³-hybridized carbons (Fsp3) is 0.556. The van der Waals surface area contributed by atoms with Crippen LogP contribution in [0.5, 0.6) is 5.75 Å². The molecule has 0 saturated heterocycles. The van der Waals surface area contributed by atoms with Crippen molar-refractivity contribution in [1.29, 1.82) is 0 Å². The minimum Gasteiger partial charge on any atom is -0.495 e. The summed E-state index contributed by atoms with van der Waals surface area (Å²) >= 11 is 0. The molecule has 1 rings (SSSR count). The number of hydrogen-bond donors (Lipinski definition) is 1. The van der Waals surface area contributed by atoms with Crippen molar-refractivity contribution in [3.05, 3.63) is 29.3 Å². The summed E-state index contributed by atoms with van der Waals surface area (Å²) in [5.41, 5.74) is 2.21. The van der Waals surface area contributed by atoms with E-state index in [2.05, 4.69) is 32.6 Å². The predicted molar refractivity (Wildman–Crippen MR) is 85.3 cm³/mol. The van der Waals surface area contributed by atoms with E-state index in [9.17, 15) is 0 Å². The normalized spacial score (nSPS) is 10.9. The first-order valence-corrected chi connectivity index (χ1v) is 7.30. The van der Waals surface area contributed by atoms with Gasteiger partial charge in [-0.1, -0.05) is 38.7 Å². The molecule has 0 radical (unpaired) electrons. The zero-order valence-electron chi connectivity index (χ0n) is 13.5. The third kappa shape index (κ3) is 7.17. The van der Waals surface area contributed by atoms with Gasteiger partial charge in [0.15, 0.2) is 0 Å². The van der Waals surface area contributed by atoms with E-state index in [1.54, 1.807) is 7.11 Å². The summed E-state index contributed by atoms with van der Waals surface area (Å²) in [5.74, 6) is 6.70. The molecular formula is C18H26O3. The van der Waals surface area contributed by atoms with E-state index in [4.69, 9.17) is 14.6 Å². The van der Waals surface area contributed by atoms with Crippen LogP contribution >= 0.6 is 0 Å². The Kier molecular flexibility index (Phi) is 7.28. The van der Waals surface area contributed by atoms with E-state index >= 15 is 0 Å². The topological polar surface area (TPSA) is 38.7 Å². The van der Waals surface area contributed by atoms with Gasteiger partial charge in [0.1, 0.15) is 5.75 Å². The largest absolute Gasteiger partial charge is 0.495 e. The van der Waals surface area contributed by atoms with E-state index in [0.29, 0.717) is 18.4 Å². The number of aliphatic hydroxyl groups excluding tert-OH is 1. The molecule has 0 atom stereocenters. The number of hydrogen-bond acceptors (Lipinski definition) is 3. The Labute approximate surface area is 128 Å². The standard InChI is InChI=1S/C18H26O3/c1-18(2,3)10-12-21-14-15-8-9-17(20-4)16(13-15)7-5-6-11-19/h8-9,13,19H,6,10-12,14H2,1-4H3. The van der Waals surface area contributed by atoms with E-state index < -0.39 is 0 Å². The van der Waals surface area contributed by atoms with Crippen LogP contribution in [0, 0.1) is 17.3 Å². The first kappa shape index (κ1) is 17.6. The number of methoxy groups -OCH3 is 1. The van der Waals surface area contributed by atoms with E-state index in [-0.39, 0.29) is 6.61 Å². The molecule has 0 saturated carbocycles. The maximum Gasteiger partial charge on any atom is 0.134 e. The highest BCUT2D eigenvalue weighted by Crippen LogP contribution is 2.21. The Hall–Kier alpha value is -1.50. The van der Waals surface area contributed by atoms with Crippen LogP contribution in [0.4, 0.5) is 0 Å². The average molecular weight is 290 g/mol. The number of benzene rings is 1. The highest BCUT2D eigenvalue weighted by Gasteiger charge is 2.09. The Balaban J connectivity index is 2.64. The van der Waals surface area contributed by atoms with Crippen molar-refractivity contribution in [2.45, 2.75) is 40.2 Å². The molecule has 1 aromatic carbocycles. The molecule has 3 heteroatoms. The van der Waals surface area contributed by atoms with Crippen molar-refractivity contribution < 1.29 is 14.6 Å². The van der Waals surface area contributed by atoms with Crippen LogP contribution in [0.15, 0.2) is 18.2 Å². The molecule has 0 amide bonds. The quantitative estimate of drug-likeness (QED) is 0.645. The summed E-state index contributed by atoms with van der Waals surface area (Å²) in [6.45, 7) is 8.02. The second kappa shape index (κ2) is 8.71. The van der Waals surface area contributed by atoms with Gasteiger partial charge in [0.2, 0.25) is 0 Å². The zero-order valence-corrected chi connectivity index (χ0v) is 13.5. The van der Waals surface area contributed by atoms with Crippen LogP contribution in [0.3, 0.4) is 0 Å². The van der Waals surface area contributed by atoms with Crippen LogP contribution < -0.4 is 4.74 Å². The Morgan fingerprint density at radius 2 is 2.00 bits per heavy atom. The van der Waals surface area contributed by atoms with Gasteiger partial charge in [-0.2, -0.15) is 0 Å². The SMILES string of the molecule is COc1ccc(COCCC(C)(C)C)cc1C#CCCO.